The molecule has 1 heterocycles. The summed E-state index contributed by atoms with van der Waals surface area (Å²) in [6.07, 6.45) is -1.58. The highest BCUT2D eigenvalue weighted by molar-refractivity contribution is 6.34. The third-order valence-corrected chi connectivity index (χ3v) is 1.86. The van der Waals surface area contributed by atoms with Crippen LogP contribution in [-0.2, 0) is 0 Å². The molecular weight excluding hydrogens is 202 g/mol. The van der Waals surface area contributed by atoms with E-state index < -0.39 is 12.0 Å². The molecule has 0 saturated heterocycles. The lowest BCUT2D eigenvalue weighted by molar-refractivity contribution is 0.110. The van der Waals surface area contributed by atoms with Crippen LogP contribution in [-0.4, -0.2) is 11.3 Å². The molecule has 0 aliphatic carbocycles. The van der Waals surface area contributed by atoms with Crippen LogP contribution in [0, 0.1) is 0 Å². The van der Waals surface area contributed by atoms with Gasteiger partial charge in [-0.05, 0) is 0 Å². The van der Waals surface area contributed by atoms with E-state index in [1.54, 1.807) is 0 Å². The van der Waals surface area contributed by atoms with Gasteiger partial charge < -0.3 is 5.73 Å². The number of nitrogens with zero attached hydrogens (tertiary/aromatic N) is 1. The van der Waals surface area contributed by atoms with Crippen LogP contribution in [0.1, 0.15) is 22.5 Å². The van der Waals surface area contributed by atoms with Gasteiger partial charge in [0, 0.05) is 0 Å². The highest BCUT2D eigenvalue weighted by atomic mass is 35.5. The van der Waals surface area contributed by atoms with Crippen molar-refractivity contribution in [2.75, 3.05) is 5.73 Å². The van der Waals surface area contributed by atoms with E-state index in [4.69, 9.17) is 17.3 Å². The summed E-state index contributed by atoms with van der Waals surface area (Å²) >= 11 is 5.47. The number of nitrogens with two attached hydrogens (primary N) is 1. The maximum absolute atomic E-state index is 12.3. The van der Waals surface area contributed by atoms with Gasteiger partial charge in [0.1, 0.15) is 5.69 Å². The van der Waals surface area contributed by atoms with E-state index in [9.17, 15) is 13.6 Å². The third-order valence-electron chi connectivity index (χ3n) is 1.44. The number of carbonyl (C=O) groups excluding carboxylic acids is 1. The highest BCUT2D eigenvalue weighted by Gasteiger charge is 2.19. The van der Waals surface area contributed by atoms with Gasteiger partial charge in [-0.15, -0.1) is 0 Å². The predicted molar refractivity (Wildman–Crippen MR) is 44.0 cm³/mol. The minimum atomic E-state index is -2.86. The number of carbonyl (C=O) groups is 1. The molecule has 0 bridgehead atoms. The van der Waals surface area contributed by atoms with Crippen LogP contribution in [0.5, 0.6) is 0 Å². The molecule has 0 saturated carbocycles. The van der Waals surface area contributed by atoms with Crippen LogP contribution in [0.4, 0.5) is 14.5 Å². The summed E-state index contributed by atoms with van der Waals surface area (Å²) < 4.78 is 24.6. The number of hydrogen-bond donors (Lipinski definition) is 1. The molecule has 0 amide bonds. The van der Waals surface area contributed by atoms with Gasteiger partial charge >= 0.3 is 0 Å². The van der Waals surface area contributed by atoms with Crippen molar-refractivity contribution in [1.82, 2.24) is 4.98 Å². The van der Waals surface area contributed by atoms with Gasteiger partial charge in [0.2, 0.25) is 0 Å². The summed E-state index contributed by atoms with van der Waals surface area (Å²) in [6, 6.07) is 0. The van der Waals surface area contributed by atoms with Crippen molar-refractivity contribution in [3.8, 4) is 0 Å². The summed E-state index contributed by atoms with van der Waals surface area (Å²) in [5.74, 6) is 0. The molecule has 1 aromatic heterocycles. The average molecular weight is 207 g/mol. The fraction of sp³-hybridized carbons (Fsp3) is 0.143. The minimum Gasteiger partial charge on any atom is -0.396 e. The molecule has 0 radical (unpaired) electrons. The Bertz CT molecular complexity index is 344. The first kappa shape index (κ1) is 9.85. The number of anilines is 1. The van der Waals surface area contributed by atoms with E-state index in [0.717, 1.165) is 6.20 Å². The summed E-state index contributed by atoms with van der Waals surface area (Å²) in [5.41, 5.74) is 4.18. The smallest absolute Gasteiger partial charge is 0.267 e. The molecule has 0 aliphatic rings. The zero-order valence-electron chi connectivity index (χ0n) is 6.30. The molecule has 70 valence electrons. The largest absolute Gasteiger partial charge is 0.396 e. The lowest BCUT2D eigenvalue weighted by atomic mass is 10.2. The topological polar surface area (TPSA) is 56.0 Å². The predicted octanol–water partition coefficient (Wildman–Crippen LogP) is 2.07. The molecule has 6 heteroatoms. The van der Waals surface area contributed by atoms with Crippen molar-refractivity contribution >= 4 is 23.6 Å². The summed E-state index contributed by atoms with van der Waals surface area (Å²) in [7, 11) is 0. The average Bonchev–Trinajstić information content (AvgIpc) is 2.08. The molecule has 0 unspecified atom stereocenters. The molecule has 0 aromatic carbocycles. The van der Waals surface area contributed by atoms with Gasteiger partial charge in [-0.25, -0.2) is 8.78 Å². The Hall–Kier alpha value is -1.23. The van der Waals surface area contributed by atoms with Gasteiger partial charge in [-0.2, -0.15) is 0 Å². The fourth-order valence-corrected chi connectivity index (χ4v) is 1.06. The Morgan fingerprint density at radius 2 is 2.23 bits per heavy atom. The Labute approximate surface area is 77.5 Å². The summed E-state index contributed by atoms with van der Waals surface area (Å²) in [4.78, 5) is 13.7. The number of pyridine rings is 1. The zero-order valence-corrected chi connectivity index (χ0v) is 7.05. The number of rotatable bonds is 2. The van der Waals surface area contributed by atoms with Gasteiger partial charge in [0.15, 0.2) is 6.29 Å². The van der Waals surface area contributed by atoms with Crippen LogP contribution in [0.3, 0.4) is 0 Å². The third kappa shape index (κ3) is 1.75. The van der Waals surface area contributed by atoms with Crippen molar-refractivity contribution in [2.45, 2.75) is 6.43 Å². The molecule has 13 heavy (non-hydrogen) atoms. The SMILES string of the molecule is Nc1cnc(C=O)c(C(F)F)c1Cl. The normalized spacial score (nSPS) is 10.5. The highest BCUT2D eigenvalue weighted by Crippen LogP contribution is 2.32. The number of aromatic nitrogens is 1. The van der Waals surface area contributed by atoms with Gasteiger partial charge in [0.05, 0.1) is 22.5 Å². The van der Waals surface area contributed by atoms with Crippen molar-refractivity contribution in [1.29, 1.82) is 0 Å². The molecule has 1 aromatic rings. The molecule has 3 nitrogen and oxygen atoms in total. The van der Waals surface area contributed by atoms with E-state index in [0.29, 0.717) is 0 Å². The molecule has 0 fully saturated rings. The second-order valence-corrected chi connectivity index (χ2v) is 2.62. The quantitative estimate of drug-likeness (QED) is 0.754. The summed E-state index contributed by atoms with van der Waals surface area (Å²) in [6.45, 7) is 0. The van der Waals surface area contributed by atoms with Crippen LogP contribution >= 0.6 is 11.6 Å². The van der Waals surface area contributed by atoms with E-state index in [1.165, 1.54) is 0 Å². The van der Waals surface area contributed by atoms with Crippen molar-refractivity contribution in [2.24, 2.45) is 0 Å². The van der Waals surface area contributed by atoms with Gasteiger partial charge in [0.25, 0.3) is 6.43 Å². The second-order valence-electron chi connectivity index (χ2n) is 2.24. The van der Waals surface area contributed by atoms with Crippen LogP contribution < -0.4 is 5.73 Å². The number of nitrogen functional groups attached to an aromatic ring is 1. The van der Waals surface area contributed by atoms with Crippen LogP contribution in [0.2, 0.25) is 5.02 Å². The Morgan fingerprint density at radius 3 is 2.69 bits per heavy atom. The lowest BCUT2D eigenvalue weighted by Gasteiger charge is -2.06. The number of hydrogen-bond acceptors (Lipinski definition) is 3. The minimum absolute atomic E-state index is 0.0671. The standard InChI is InChI=1S/C7H5ClF2N2O/c8-6-3(11)1-12-4(2-13)5(6)7(9)10/h1-2,7H,11H2. The first-order valence-electron chi connectivity index (χ1n) is 3.25. The van der Waals surface area contributed by atoms with Gasteiger partial charge in [-0.3, -0.25) is 9.78 Å². The van der Waals surface area contributed by atoms with E-state index in [1.807, 2.05) is 0 Å². The first-order chi connectivity index (χ1) is 6.07. The second kappa shape index (κ2) is 3.66. The maximum Gasteiger partial charge on any atom is 0.267 e. The van der Waals surface area contributed by atoms with E-state index >= 15 is 0 Å². The van der Waals surface area contributed by atoms with Crippen molar-refractivity contribution < 1.29 is 13.6 Å². The zero-order chi connectivity index (χ0) is 10.0. The number of alkyl halides is 2. The monoisotopic (exact) mass is 206 g/mol. The molecule has 1 rings (SSSR count). The van der Waals surface area contributed by atoms with E-state index in [-0.39, 0.29) is 22.7 Å². The van der Waals surface area contributed by atoms with Gasteiger partial charge in [-0.1, -0.05) is 11.6 Å². The molecule has 2 N–H and O–H groups in total. The Kier molecular flexibility index (Phi) is 2.77. The Balaban J connectivity index is 3.41. The van der Waals surface area contributed by atoms with E-state index in [2.05, 4.69) is 4.98 Å². The molecule has 0 aliphatic heterocycles. The van der Waals surface area contributed by atoms with Crippen molar-refractivity contribution in [3.05, 3.63) is 22.5 Å². The molecule has 0 atom stereocenters. The lowest BCUT2D eigenvalue weighted by Crippen LogP contribution is -2.01. The van der Waals surface area contributed by atoms with Crippen LogP contribution in [0.25, 0.3) is 0 Å². The molecular formula is C7H5ClF2N2O. The van der Waals surface area contributed by atoms with Crippen molar-refractivity contribution in [3.63, 3.8) is 0 Å². The molecule has 0 spiro atoms. The van der Waals surface area contributed by atoms with Crippen LogP contribution in [0.15, 0.2) is 6.20 Å². The summed E-state index contributed by atoms with van der Waals surface area (Å²) in [5, 5.41) is -0.313. The number of halogens is 3. The maximum atomic E-state index is 12.3. The Morgan fingerprint density at radius 1 is 1.62 bits per heavy atom. The first-order valence-corrected chi connectivity index (χ1v) is 3.63. The fourth-order valence-electron chi connectivity index (χ4n) is 0.835. The number of aldehydes is 1.